The molecule has 0 saturated heterocycles. The zero-order valence-electron chi connectivity index (χ0n) is 14.5. The second-order valence-electron chi connectivity index (χ2n) is 5.71. The molecule has 28 heavy (non-hydrogen) atoms. The van der Waals surface area contributed by atoms with Gasteiger partial charge in [-0.3, -0.25) is 4.79 Å². The average Bonchev–Trinajstić information content (AvgIpc) is 2.69. The van der Waals surface area contributed by atoms with Gasteiger partial charge in [0.15, 0.2) is 0 Å². The molecule has 0 aromatic heterocycles. The number of halogens is 1. The fourth-order valence-corrected chi connectivity index (χ4v) is 2.38. The van der Waals surface area contributed by atoms with Crippen LogP contribution in [0, 0.1) is 0 Å². The van der Waals surface area contributed by atoms with E-state index in [9.17, 15) is 14.7 Å². The van der Waals surface area contributed by atoms with Crippen molar-refractivity contribution < 1.29 is 19.4 Å². The molecule has 0 fully saturated rings. The summed E-state index contributed by atoms with van der Waals surface area (Å²) in [6.45, 7) is 0. The number of carbonyl (C=O) groups excluding carboxylic acids is 2. The first-order chi connectivity index (χ1) is 13.5. The van der Waals surface area contributed by atoms with Gasteiger partial charge in [0, 0.05) is 10.6 Å². The number of ether oxygens (including phenoxy) is 1. The smallest absolute Gasteiger partial charge is 0.343 e. The van der Waals surface area contributed by atoms with Crippen molar-refractivity contribution in [2.75, 3.05) is 0 Å². The van der Waals surface area contributed by atoms with Gasteiger partial charge in [0.1, 0.15) is 11.5 Å². The van der Waals surface area contributed by atoms with E-state index in [4.69, 9.17) is 16.3 Å². The summed E-state index contributed by atoms with van der Waals surface area (Å²) in [5.41, 5.74) is 3.76. The van der Waals surface area contributed by atoms with E-state index in [1.807, 2.05) is 0 Å². The van der Waals surface area contributed by atoms with Gasteiger partial charge in [-0.05, 0) is 66.2 Å². The Morgan fingerprint density at radius 3 is 2.36 bits per heavy atom. The average molecular weight is 395 g/mol. The van der Waals surface area contributed by atoms with Gasteiger partial charge in [0.05, 0.1) is 11.8 Å². The maximum atomic E-state index is 12.1. The molecule has 140 valence electrons. The number of phenolic OH excluding ortho intramolecular Hbond substituents is 1. The van der Waals surface area contributed by atoms with Crippen molar-refractivity contribution in [1.29, 1.82) is 0 Å². The molecule has 3 rings (SSSR count). The summed E-state index contributed by atoms with van der Waals surface area (Å²) in [6, 6.07) is 18.9. The van der Waals surface area contributed by atoms with E-state index in [-0.39, 0.29) is 5.75 Å². The topological polar surface area (TPSA) is 88.0 Å². The van der Waals surface area contributed by atoms with Gasteiger partial charge < -0.3 is 9.84 Å². The van der Waals surface area contributed by atoms with Crippen molar-refractivity contribution in [1.82, 2.24) is 5.43 Å². The van der Waals surface area contributed by atoms with Crippen LogP contribution in [0.2, 0.25) is 5.02 Å². The quantitative estimate of drug-likeness (QED) is 0.296. The third-order valence-electron chi connectivity index (χ3n) is 3.66. The number of nitrogens with one attached hydrogen (secondary N) is 1. The van der Waals surface area contributed by atoms with Crippen LogP contribution in [-0.4, -0.2) is 23.2 Å². The number of hydrogen-bond acceptors (Lipinski definition) is 5. The van der Waals surface area contributed by atoms with Crippen LogP contribution in [0.5, 0.6) is 11.5 Å². The first kappa shape index (κ1) is 19.1. The summed E-state index contributed by atoms with van der Waals surface area (Å²) < 4.78 is 5.33. The number of phenols is 1. The Kier molecular flexibility index (Phi) is 6.04. The van der Waals surface area contributed by atoms with Crippen molar-refractivity contribution in [3.8, 4) is 11.5 Å². The van der Waals surface area contributed by atoms with E-state index in [0.717, 1.165) is 0 Å². The van der Waals surface area contributed by atoms with E-state index in [1.165, 1.54) is 30.5 Å². The maximum absolute atomic E-state index is 12.1. The van der Waals surface area contributed by atoms with Crippen molar-refractivity contribution in [2.45, 2.75) is 0 Å². The lowest BCUT2D eigenvalue weighted by Crippen LogP contribution is -2.17. The number of rotatable bonds is 5. The molecule has 0 aliphatic rings. The van der Waals surface area contributed by atoms with Gasteiger partial charge in [-0.1, -0.05) is 23.7 Å². The summed E-state index contributed by atoms with van der Waals surface area (Å²) in [5, 5.41) is 13.7. The summed E-state index contributed by atoms with van der Waals surface area (Å²) >= 11 is 5.81. The number of amides is 1. The predicted molar refractivity (Wildman–Crippen MR) is 106 cm³/mol. The Bertz CT molecular complexity index is 1020. The molecular weight excluding hydrogens is 380 g/mol. The number of nitrogens with zero attached hydrogens (tertiary/aromatic N) is 1. The molecule has 0 radical (unpaired) electrons. The Balaban J connectivity index is 1.61. The number of esters is 1. The van der Waals surface area contributed by atoms with E-state index < -0.39 is 11.9 Å². The third-order valence-corrected chi connectivity index (χ3v) is 3.91. The highest BCUT2D eigenvalue weighted by atomic mass is 35.5. The Morgan fingerprint density at radius 2 is 1.64 bits per heavy atom. The number of hydrazone groups is 1. The molecule has 0 spiro atoms. The van der Waals surface area contributed by atoms with E-state index in [1.54, 1.807) is 48.5 Å². The predicted octanol–water partition coefficient (Wildman–Crippen LogP) is 4.03. The monoisotopic (exact) mass is 394 g/mol. The Hall–Kier alpha value is -3.64. The van der Waals surface area contributed by atoms with E-state index >= 15 is 0 Å². The molecule has 0 heterocycles. The van der Waals surface area contributed by atoms with Gasteiger partial charge in [0.2, 0.25) is 0 Å². The molecule has 0 aliphatic heterocycles. The SMILES string of the molecule is O=C(N/N=C\c1cccc(OC(=O)c2ccc(Cl)cc2)c1)c1ccc(O)cc1. The minimum Gasteiger partial charge on any atom is -0.508 e. The molecule has 0 unspecified atom stereocenters. The molecule has 0 bridgehead atoms. The molecule has 7 heteroatoms. The lowest BCUT2D eigenvalue weighted by atomic mass is 10.2. The fourth-order valence-electron chi connectivity index (χ4n) is 2.25. The largest absolute Gasteiger partial charge is 0.508 e. The summed E-state index contributed by atoms with van der Waals surface area (Å²) in [6.07, 6.45) is 1.43. The summed E-state index contributed by atoms with van der Waals surface area (Å²) in [4.78, 5) is 24.1. The Labute approximate surface area is 166 Å². The molecule has 2 N–H and O–H groups in total. The van der Waals surface area contributed by atoms with Crippen LogP contribution in [0.3, 0.4) is 0 Å². The highest BCUT2D eigenvalue weighted by Gasteiger charge is 2.08. The molecule has 6 nitrogen and oxygen atoms in total. The molecule has 0 aliphatic carbocycles. The summed E-state index contributed by atoms with van der Waals surface area (Å²) in [7, 11) is 0. The van der Waals surface area contributed by atoms with Crippen molar-refractivity contribution >= 4 is 29.7 Å². The molecule has 0 atom stereocenters. The summed E-state index contributed by atoms with van der Waals surface area (Å²) in [5.74, 6) is -0.508. The van der Waals surface area contributed by atoms with E-state index in [2.05, 4.69) is 10.5 Å². The fraction of sp³-hybridized carbons (Fsp3) is 0. The molecule has 0 saturated carbocycles. The standard InChI is InChI=1S/C21H15ClN2O4/c22-17-8-4-16(5-9-17)21(27)28-19-3-1-2-14(12-19)13-23-24-20(26)15-6-10-18(25)11-7-15/h1-13,25H,(H,24,26)/b23-13-. The number of aromatic hydroxyl groups is 1. The van der Waals surface area contributed by atoms with Crippen LogP contribution in [0.1, 0.15) is 26.3 Å². The molecule has 1 amide bonds. The van der Waals surface area contributed by atoms with Crippen molar-refractivity contribution in [3.63, 3.8) is 0 Å². The highest BCUT2D eigenvalue weighted by molar-refractivity contribution is 6.30. The van der Waals surface area contributed by atoms with Crippen LogP contribution in [0.15, 0.2) is 77.9 Å². The Morgan fingerprint density at radius 1 is 0.964 bits per heavy atom. The normalized spacial score (nSPS) is 10.6. The second-order valence-corrected chi connectivity index (χ2v) is 6.15. The van der Waals surface area contributed by atoms with Crippen molar-refractivity contribution in [2.24, 2.45) is 5.10 Å². The number of hydrogen-bond donors (Lipinski definition) is 2. The third kappa shape index (κ3) is 5.18. The second kappa shape index (κ2) is 8.83. The minimum atomic E-state index is -0.508. The van der Waals surface area contributed by atoms with Crippen molar-refractivity contribution in [3.05, 3.63) is 94.5 Å². The first-order valence-electron chi connectivity index (χ1n) is 8.21. The molecule has 3 aromatic rings. The highest BCUT2D eigenvalue weighted by Crippen LogP contribution is 2.16. The number of benzene rings is 3. The lowest BCUT2D eigenvalue weighted by molar-refractivity contribution is 0.0734. The number of carbonyl (C=O) groups is 2. The van der Waals surface area contributed by atoms with Gasteiger partial charge in [-0.2, -0.15) is 5.10 Å². The first-order valence-corrected chi connectivity index (χ1v) is 8.59. The van der Waals surface area contributed by atoms with Crippen LogP contribution in [0.25, 0.3) is 0 Å². The molecule has 3 aromatic carbocycles. The van der Waals surface area contributed by atoms with Crippen LogP contribution in [-0.2, 0) is 0 Å². The van der Waals surface area contributed by atoms with Crippen LogP contribution in [0.4, 0.5) is 0 Å². The van der Waals surface area contributed by atoms with E-state index in [0.29, 0.717) is 27.5 Å². The lowest BCUT2D eigenvalue weighted by Gasteiger charge is -2.05. The van der Waals surface area contributed by atoms with Gasteiger partial charge in [-0.25, -0.2) is 10.2 Å². The van der Waals surface area contributed by atoms with Crippen LogP contribution < -0.4 is 10.2 Å². The van der Waals surface area contributed by atoms with Gasteiger partial charge in [-0.15, -0.1) is 0 Å². The molecular formula is C21H15ClN2O4. The van der Waals surface area contributed by atoms with Crippen LogP contribution >= 0.6 is 11.6 Å². The maximum Gasteiger partial charge on any atom is 0.343 e. The zero-order valence-corrected chi connectivity index (χ0v) is 15.3. The minimum absolute atomic E-state index is 0.0741. The van der Waals surface area contributed by atoms with Gasteiger partial charge in [0.25, 0.3) is 5.91 Å². The van der Waals surface area contributed by atoms with Gasteiger partial charge >= 0.3 is 5.97 Å². The zero-order chi connectivity index (χ0) is 19.9.